The molecule has 0 amide bonds. The highest BCUT2D eigenvalue weighted by molar-refractivity contribution is 5.96. The topological polar surface area (TPSA) is 55.9 Å². The third kappa shape index (κ3) is 2.33. The Bertz CT molecular complexity index is 781. The molecule has 3 N–H and O–H groups in total. The van der Waals surface area contributed by atoms with Gasteiger partial charge in [0.2, 0.25) is 0 Å². The molecule has 0 aliphatic heterocycles. The zero-order chi connectivity index (χ0) is 15.0. The fraction of sp³-hybridized carbons (Fsp3) is 0.235. The molecule has 0 fully saturated rings. The SMILES string of the molecule is CC(C)c1nn(C)c(Nc2cccc3ccccc23)c1N. The van der Waals surface area contributed by atoms with Crippen LogP contribution in [0.4, 0.5) is 17.2 Å². The van der Waals surface area contributed by atoms with Crippen molar-refractivity contribution in [2.75, 3.05) is 11.1 Å². The average Bonchev–Trinajstić information content (AvgIpc) is 2.76. The number of nitrogens with one attached hydrogen (secondary N) is 1. The van der Waals surface area contributed by atoms with Gasteiger partial charge in [0.15, 0.2) is 5.82 Å². The molecule has 21 heavy (non-hydrogen) atoms. The van der Waals surface area contributed by atoms with Gasteiger partial charge in [0, 0.05) is 18.1 Å². The third-order valence-corrected chi connectivity index (χ3v) is 3.70. The van der Waals surface area contributed by atoms with Crippen LogP contribution in [0.2, 0.25) is 0 Å². The van der Waals surface area contributed by atoms with Gasteiger partial charge < -0.3 is 11.1 Å². The molecule has 0 saturated carbocycles. The number of nitrogen functional groups attached to an aromatic ring is 1. The second-order valence-electron chi connectivity index (χ2n) is 5.58. The normalized spacial score (nSPS) is 11.2. The molecule has 2 aromatic carbocycles. The Morgan fingerprint density at radius 3 is 2.52 bits per heavy atom. The van der Waals surface area contributed by atoms with Crippen LogP contribution in [0.15, 0.2) is 42.5 Å². The van der Waals surface area contributed by atoms with Gasteiger partial charge >= 0.3 is 0 Å². The monoisotopic (exact) mass is 280 g/mol. The lowest BCUT2D eigenvalue weighted by Crippen LogP contribution is -2.01. The summed E-state index contributed by atoms with van der Waals surface area (Å²) in [5.41, 5.74) is 8.94. The van der Waals surface area contributed by atoms with E-state index in [0.717, 1.165) is 22.9 Å². The predicted molar refractivity (Wildman–Crippen MR) is 88.9 cm³/mol. The van der Waals surface area contributed by atoms with E-state index < -0.39 is 0 Å². The van der Waals surface area contributed by atoms with Crippen LogP contribution in [0.5, 0.6) is 0 Å². The van der Waals surface area contributed by atoms with Crippen LogP contribution < -0.4 is 11.1 Å². The molecule has 0 spiro atoms. The molecular weight excluding hydrogens is 260 g/mol. The maximum atomic E-state index is 6.25. The molecule has 0 atom stereocenters. The zero-order valence-electron chi connectivity index (χ0n) is 12.6. The Labute approximate surface area is 124 Å². The number of benzene rings is 2. The summed E-state index contributed by atoms with van der Waals surface area (Å²) < 4.78 is 1.81. The van der Waals surface area contributed by atoms with Crippen molar-refractivity contribution in [3.8, 4) is 0 Å². The smallest absolute Gasteiger partial charge is 0.152 e. The highest BCUT2D eigenvalue weighted by atomic mass is 15.3. The first-order chi connectivity index (χ1) is 10.1. The van der Waals surface area contributed by atoms with Gasteiger partial charge in [0.25, 0.3) is 0 Å². The first-order valence-corrected chi connectivity index (χ1v) is 7.15. The first-order valence-electron chi connectivity index (χ1n) is 7.15. The van der Waals surface area contributed by atoms with Gasteiger partial charge in [0.1, 0.15) is 0 Å². The number of fused-ring (bicyclic) bond motifs is 1. The van der Waals surface area contributed by atoms with Gasteiger partial charge in [-0.3, -0.25) is 4.68 Å². The highest BCUT2D eigenvalue weighted by Crippen LogP contribution is 2.32. The molecule has 4 nitrogen and oxygen atoms in total. The van der Waals surface area contributed by atoms with E-state index in [1.165, 1.54) is 10.8 Å². The molecule has 1 heterocycles. The molecular formula is C17H20N4. The lowest BCUT2D eigenvalue weighted by Gasteiger charge is -2.11. The average molecular weight is 280 g/mol. The summed E-state index contributed by atoms with van der Waals surface area (Å²) in [5.74, 6) is 1.15. The van der Waals surface area contributed by atoms with Crippen LogP contribution in [-0.4, -0.2) is 9.78 Å². The summed E-state index contributed by atoms with van der Waals surface area (Å²) in [4.78, 5) is 0. The van der Waals surface area contributed by atoms with Crippen LogP contribution >= 0.6 is 0 Å². The molecule has 0 saturated heterocycles. The minimum Gasteiger partial charge on any atom is -0.394 e. The Morgan fingerprint density at radius 1 is 1.10 bits per heavy atom. The second-order valence-corrected chi connectivity index (χ2v) is 5.58. The number of rotatable bonds is 3. The summed E-state index contributed by atoms with van der Waals surface area (Å²) in [6.07, 6.45) is 0. The minimum atomic E-state index is 0.305. The predicted octanol–water partition coefficient (Wildman–Crippen LogP) is 4.02. The van der Waals surface area contributed by atoms with Crippen molar-refractivity contribution in [3.63, 3.8) is 0 Å². The molecule has 108 valence electrons. The van der Waals surface area contributed by atoms with E-state index in [9.17, 15) is 0 Å². The fourth-order valence-electron chi connectivity index (χ4n) is 2.60. The molecule has 0 unspecified atom stereocenters. The Kier molecular flexibility index (Phi) is 3.29. The second kappa shape index (κ2) is 5.13. The molecule has 1 aromatic heterocycles. The maximum absolute atomic E-state index is 6.25. The lowest BCUT2D eigenvalue weighted by atomic mass is 10.1. The molecule has 4 heteroatoms. The summed E-state index contributed by atoms with van der Waals surface area (Å²) in [5, 5.41) is 10.3. The maximum Gasteiger partial charge on any atom is 0.152 e. The summed E-state index contributed by atoms with van der Waals surface area (Å²) >= 11 is 0. The molecule has 0 radical (unpaired) electrons. The van der Waals surface area contributed by atoms with Gasteiger partial charge in [-0.15, -0.1) is 0 Å². The van der Waals surface area contributed by atoms with E-state index in [4.69, 9.17) is 5.73 Å². The van der Waals surface area contributed by atoms with E-state index in [-0.39, 0.29) is 0 Å². The molecule has 0 aliphatic carbocycles. The largest absolute Gasteiger partial charge is 0.394 e. The van der Waals surface area contributed by atoms with Crippen molar-refractivity contribution in [1.29, 1.82) is 0 Å². The van der Waals surface area contributed by atoms with Crippen LogP contribution in [0.3, 0.4) is 0 Å². The van der Waals surface area contributed by atoms with Gasteiger partial charge in [-0.25, -0.2) is 0 Å². The van der Waals surface area contributed by atoms with Crippen molar-refractivity contribution < 1.29 is 0 Å². The zero-order valence-corrected chi connectivity index (χ0v) is 12.6. The Morgan fingerprint density at radius 2 is 1.81 bits per heavy atom. The number of hydrogen-bond donors (Lipinski definition) is 2. The van der Waals surface area contributed by atoms with E-state index in [0.29, 0.717) is 5.92 Å². The van der Waals surface area contributed by atoms with Crippen molar-refractivity contribution in [2.45, 2.75) is 19.8 Å². The van der Waals surface area contributed by atoms with E-state index >= 15 is 0 Å². The highest BCUT2D eigenvalue weighted by Gasteiger charge is 2.16. The van der Waals surface area contributed by atoms with Crippen molar-refractivity contribution in [1.82, 2.24) is 9.78 Å². The molecule has 0 bridgehead atoms. The molecule has 3 rings (SSSR count). The minimum absolute atomic E-state index is 0.305. The summed E-state index contributed by atoms with van der Waals surface area (Å²) in [6.45, 7) is 4.20. The van der Waals surface area contributed by atoms with E-state index in [1.54, 1.807) is 0 Å². The van der Waals surface area contributed by atoms with Crippen LogP contribution in [-0.2, 0) is 7.05 Å². The van der Waals surface area contributed by atoms with Crippen molar-refractivity contribution in [3.05, 3.63) is 48.2 Å². The fourth-order valence-corrected chi connectivity index (χ4v) is 2.60. The quantitative estimate of drug-likeness (QED) is 0.761. The van der Waals surface area contributed by atoms with Crippen LogP contribution in [0.1, 0.15) is 25.5 Å². The number of aromatic nitrogens is 2. The lowest BCUT2D eigenvalue weighted by molar-refractivity contribution is 0.718. The number of anilines is 3. The number of aryl methyl sites for hydroxylation is 1. The standard InChI is InChI=1S/C17H20N4/c1-11(2)16-15(18)17(21(3)20-16)19-14-10-6-8-12-7-4-5-9-13(12)14/h4-11,19H,18H2,1-3H3. The summed E-state index contributed by atoms with van der Waals surface area (Å²) in [7, 11) is 1.91. The number of hydrogen-bond acceptors (Lipinski definition) is 3. The van der Waals surface area contributed by atoms with Gasteiger partial charge in [-0.2, -0.15) is 5.10 Å². The Hall–Kier alpha value is -2.49. The van der Waals surface area contributed by atoms with E-state index in [1.807, 2.05) is 29.9 Å². The van der Waals surface area contributed by atoms with Crippen LogP contribution in [0, 0.1) is 0 Å². The number of nitrogens with two attached hydrogens (primary N) is 1. The van der Waals surface area contributed by atoms with Crippen molar-refractivity contribution in [2.24, 2.45) is 7.05 Å². The molecule has 3 aromatic rings. The summed E-state index contributed by atoms with van der Waals surface area (Å²) in [6, 6.07) is 14.5. The van der Waals surface area contributed by atoms with Crippen molar-refractivity contribution >= 4 is 28.0 Å². The number of nitrogens with zero attached hydrogens (tertiary/aromatic N) is 2. The van der Waals surface area contributed by atoms with Gasteiger partial charge in [-0.1, -0.05) is 50.2 Å². The molecule has 0 aliphatic rings. The van der Waals surface area contributed by atoms with Gasteiger partial charge in [0.05, 0.1) is 11.4 Å². The van der Waals surface area contributed by atoms with Crippen LogP contribution in [0.25, 0.3) is 10.8 Å². The van der Waals surface area contributed by atoms with Gasteiger partial charge in [-0.05, 0) is 17.4 Å². The van der Waals surface area contributed by atoms with E-state index in [2.05, 4.69) is 48.5 Å². The first kappa shape index (κ1) is 13.5. The Balaban J connectivity index is 2.07. The third-order valence-electron chi connectivity index (χ3n) is 3.70.